The molecule has 0 radical (unpaired) electrons. The maximum absolute atomic E-state index is 13.4. The fourth-order valence-corrected chi connectivity index (χ4v) is 4.39. The van der Waals surface area contributed by atoms with Gasteiger partial charge >= 0.3 is 0 Å². The number of anilines is 1. The molecule has 2 aromatic rings. The topological polar surface area (TPSA) is 79.0 Å². The summed E-state index contributed by atoms with van der Waals surface area (Å²) >= 11 is 0. The van der Waals surface area contributed by atoms with Crippen LogP contribution in [0.3, 0.4) is 0 Å². The first kappa shape index (κ1) is 22.0. The Hall–Kier alpha value is -3.19. The predicted octanol–water partition coefficient (Wildman–Crippen LogP) is 2.99. The van der Waals surface area contributed by atoms with Crippen molar-refractivity contribution in [1.82, 2.24) is 10.2 Å². The number of carbonyl (C=O) groups excluding carboxylic acids is 3. The van der Waals surface area contributed by atoms with Gasteiger partial charge in [0.25, 0.3) is 11.8 Å². The van der Waals surface area contributed by atoms with Crippen molar-refractivity contribution >= 4 is 23.4 Å². The average molecular weight is 436 g/mol. The number of benzene rings is 2. The molecule has 0 bridgehead atoms. The molecule has 1 saturated heterocycles. The van der Waals surface area contributed by atoms with E-state index >= 15 is 0 Å². The van der Waals surface area contributed by atoms with Crippen molar-refractivity contribution in [3.05, 3.63) is 65.2 Å². The summed E-state index contributed by atoms with van der Waals surface area (Å²) in [6, 6.07) is 14.2. The lowest BCUT2D eigenvalue weighted by Gasteiger charge is -2.26. The highest BCUT2D eigenvalue weighted by Gasteiger charge is 2.41. The molecule has 32 heavy (non-hydrogen) atoms. The smallest absolute Gasteiger partial charge is 0.256 e. The van der Waals surface area contributed by atoms with Crippen molar-refractivity contribution in [3.8, 4) is 0 Å². The van der Waals surface area contributed by atoms with E-state index in [4.69, 9.17) is 4.74 Å². The zero-order valence-corrected chi connectivity index (χ0v) is 18.4. The molecule has 0 saturated carbocycles. The van der Waals surface area contributed by atoms with E-state index in [1.807, 2.05) is 43.3 Å². The number of fused-ring (bicyclic) bond motifs is 2. The molecule has 3 amide bonds. The molecular formula is C25H29N3O4. The van der Waals surface area contributed by atoms with E-state index in [0.29, 0.717) is 56.1 Å². The third-order valence-electron chi connectivity index (χ3n) is 5.97. The second kappa shape index (κ2) is 9.96. The van der Waals surface area contributed by atoms with Crippen molar-refractivity contribution < 1.29 is 19.1 Å². The number of nitrogens with zero attached hydrogens (tertiary/aromatic N) is 2. The van der Waals surface area contributed by atoms with Crippen LogP contribution in [0, 0.1) is 0 Å². The van der Waals surface area contributed by atoms with Crippen molar-refractivity contribution in [2.24, 2.45) is 0 Å². The molecule has 0 aliphatic carbocycles. The summed E-state index contributed by atoms with van der Waals surface area (Å²) < 4.78 is 5.29. The molecule has 1 atom stereocenters. The van der Waals surface area contributed by atoms with Gasteiger partial charge < -0.3 is 19.9 Å². The lowest BCUT2D eigenvalue weighted by Crippen LogP contribution is -2.44. The van der Waals surface area contributed by atoms with Crippen molar-refractivity contribution in [2.75, 3.05) is 31.2 Å². The Labute approximate surface area is 188 Å². The van der Waals surface area contributed by atoms with Crippen LogP contribution in [0.4, 0.5) is 5.69 Å². The molecule has 2 aliphatic heterocycles. The fraction of sp³-hybridized carbons (Fsp3) is 0.400. The molecule has 1 N–H and O–H groups in total. The van der Waals surface area contributed by atoms with Gasteiger partial charge in [-0.3, -0.25) is 14.4 Å². The normalized spacial score (nSPS) is 17.7. The highest BCUT2D eigenvalue weighted by Crippen LogP contribution is 2.33. The Morgan fingerprint density at radius 3 is 2.84 bits per heavy atom. The molecule has 2 aromatic carbocycles. The van der Waals surface area contributed by atoms with Gasteiger partial charge in [-0.2, -0.15) is 0 Å². The van der Waals surface area contributed by atoms with Gasteiger partial charge in [0, 0.05) is 31.9 Å². The molecule has 168 valence electrons. The van der Waals surface area contributed by atoms with Crippen LogP contribution < -0.4 is 10.2 Å². The zero-order valence-electron chi connectivity index (χ0n) is 18.4. The van der Waals surface area contributed by atoms with Gasteiger partial charge in [-0.1, -0.05) is 24.3 Å². The zero-order chi connectivity index (χ0) is 22.5. The molecule has 0 unspecified atom stereocenters. The number of amides is 3. The Morgan fingerprint density at radius 2 is 2.00 bits per heavy atom. The number of para-hydroxylation sites is 1. The number of hydrogen-bond donors (Lipinski definition) is 1. The minimum Gasteiger partial charge on any atom is -0.382 e. The standard InChI is InChI=1S/C25H29N3O4/c1-2-32-15-7-13-26-23(29)19-9-5-8-18(16-19)17-28-21-11-4-3-10-20(21)24(30)27-14-6-12-22(27)25(28)31/h3-5,8-11,16,22H,2,6-7,12-15,17H2,1H3,(H,26,29)/t22-/m1/s1. The third-order valence-corrected chi connectivity index (χ3v) is 5.97. The second-order valence-corrected chi connectivity index (χ2v) is 8.10. The predicted molar refractivity (Wildman–Crippen MR) is 122 cm³/mol. The molecule has 0 spiro atoms. The van der Waals surface area contributed by atoms with E-state index in [-0.39, 0.29) is 17.7 Å². The van der Waals surface area contributed by atoms with Gasteiger partial charge in [0.05, 0.1) is 17.8 Å². The molecule has 7 nitrogen and oxygen atoms in total. The van der Waals surface area contributed by atoms with Crippen LogP contribution in [0.5, 0.6) is 0 Å². The first-order valence-corrected chi connectivity index (χ1v) is 11.3. The maximum atomic E-state index is 13.4. The molecule has 2 heterocycles. The highest BCUT2D eigenvalue weighted by molar-refractivity contribution is 6.11. The van der Waals surface area contributed by atoms with E-state index in [2.05, 4.69) is 5.32 Å². The van der Waals surface area contributed by atoms with Crippen LogP contribution in [-0.4, -0.2) is 55.0 Å². The van der Waals surface area contributed by atoms with Crippen LogP contribution in [0.25, 0.3) is 0 Å². The van der Waals surface area contributed by atoms with Crippen LogP contribution in [0.2, 0.25) is 0 Å². The lowest BCUT2D eigenvalue weighted by atomic mass is 10.1. The summed E-state index contributed by atoms with van der Waals surface area (Å²) in [6.45, 7) is 4.68. The van der Waals surface area contributed by atoms with Gasteiger partial charge in [-0.25, -0.2) is 0 Å². The van der Waals surface area contributed by atoms with Crippen LogP contribution in [-0.2, 0) is 16.1 Å². The van der Waals surface area contributed by atoms with Crippen molar-refractivity contribution in [1.29, 1.82) is 0 Å². The van der Waals surface area contributed by atoms with Gasteiger partial charge in [0.1, 0.15) is 6.04 Å². The van der Waals surface area contributed by atoms with Crippen molar-refractivity contribution in [2.45, 2.75) is 38.8 Å². The van der Waals surface area contributed by atoms with Gasteiger partial charge in [-0.15, -0.1) is 0 Å². The first-order valence-electron chi connectivity index (χ1n) is 11.3. The first-order chi connectivity index (χ1) is 15.6. The summed E-state index contributed by atoms with van der Waals surface area (Å²) in [6.07, 6.45) is 2.26. The molecule has 0 aromatic heterocycles. The minimum atomic E-state index is -0.424. The Balaban J connectivity index is 1.53. The van der Waals surface area contributed by atoms with E-state index in [9.17, 15) is 14.4 Å². The molecule has 1 fully saturated rings. The van der Waals surface area contributed by atoms with Crippen molar-refractivity contribution in [3.63, 3.8) is 0 Å². The monoisotopic (exact) mass is 435 g/mol. The molecular weight excluding hydrogens is 406 g/mol. The van der Waals surface area contributed by atoms with Crippen LogP contribution in [0.1, 0.15) is 52.5 Å². The van der Waals surface area contributed by atoms with E-state index in [0.717, 1.165) is 18.4 Å². The summed E-state index contributed by atoms with van der Waals surface area (Å²) in [7, 11) is 0. The Bertz CT molecular complexity index is 1010. The third kappa shape index (κ3) is 4.53. The van der Waals surface area contributed by atoms with Gasteiger partial charge in [0.15, 0.2) is 0 Å². The number of hydrogen-bond acceptors (Lipinski definition) is 4. The Morgan fingerprint density at radius 1 is 1.16 bits per heavy atom. The van der Waals surface area contributed by atoms with E-state index in [1.54, 1.807) is 21.9 Å². The Kier molecular flexibility index (Phi) is 6.85. The van der Waals surface area contributed by atoms with E-state index < -0.39 is 6.04 Å². The van der Waals surface area contributed by atoms with Crippen LogP contribution >= 0.6 is 0 Å². The van der Waals surface area contributed by atoms with Gasteiger partial charge in [0.2, 0.25) is 5.91 Å². The SMILES string of the molecule is CCOCCCNC(=O)c1cccc(CN2C(=O)[C@H]3CCCN3C(=O)c3ccccc32)c1. The molecule has 2 aliphatic rings. The summed E-state index contributed by atoms with van der Waals surface area (Å²) in [5, 5.41) is 2.91. The number of carbonyl (C=O) groups is 3. The largest absolute Gasteiger partial charge is 0.382 e. The molecule has 7 heteroatoms. The van der Waals surface area contributed by atoms with E-state index in [1.165, 1.54) is 0 Å². The number of rotatable bonds is 8. The number of nitrogens with one attached hydrogen (secondary N) is 1. The van der Waals surface area contributed by atoms with Gasteiger partial charge in [-0.05, 0) is 56.0 Å². The van der Waals surface area contributed by atoms with Crippen LogP contribution in [0.15, 0.2) is 48.5 Å². The fourth-order valence-electron chi connectivity index (χ4n) is 4.39. The second-order valence-electron chi connectivity index (χ2n) is 8.10. The average Bonchev–Trinajstić information content (AvgIpc) is 3.29. The highest BCUT2D eigenvalue weighted by atomic mass is 16.5. The summed E-state index contributed by atoms with van der Waals surface area (Å²) in [5.41, 5.74) is 2.57. The summed E-state index contributed by atoms with van der Waals surface area (Å²) in [5.74, 6) is -0.297. The lowest BCUT2D eigenvalue weighted by molar-refractivity contribution is -0.122. The molecule has 4 rings (SSSR count). The quantitative estimate of drug-likeness (QED) is 0.647. The number of ether oxygens (including phenoxy) is 1. The minimum absolute atomic E-state index is 0.0634. The summed E-state index contributed by atoms with van der Waals surface area (Å²) in [4.78, 5) is 42.4. The maximum Gasteiger partial charge on any atom is 0.256 e.